The van der Waals surface area contributed by atoms with Crippen molar-refractivity contribution in [1.82, 2.24) is 9.55 Å². The molecule has 2 aromatic carbocycles. The van der Waals surface area contributed by atoms with Crippen molar-refractivity contribution in [3.8, 4) is 16.9 Å². The molecule has 3 aromatic rings. The summed E-state index contributed by atoms with van der Waals surface area (Å²) >= 11 is 5.36. The first-order chi connectivity index (χ1) is 9.24. The highest BCUT2D eigenvalue weighted by molar-refractivity contribution is 7.71. The molecule has 1 heterocycles. The van der Waals surface area contributed by atoms with E-state index in [1.807, 2.05) is 65.4 Å². The number of aromatic amines is 1. The molecular formula is C15H13N3S. The van der Waals surface area contributed by atoms with Gasteiger partial charge in [-0.05, 0) is 42.0 Å². The number of nitrogens with zero attached hydrogens (tertiary/aromatic N) is 1. The summed E-state index contributed by atoms with van der Waals surface area (Å²) in [6, 6.07) is 17.7. The van der Waals surface area contributed by atoms with Crippen LogP contribution in [0.1, 0.15) is 0 Å². The van der Waals surface area contributed by atoms with Gasteiger partial charge in [0.1, 0.15) is 0 Å². The van der Waals surface area contributed by atoms with Gasteiger partial charge in [0.2, 0.25) is 0 Å². The second-order valence-electron chi connectivity index (χ2n) is 4.30. The fourth-order valence-electron chi connectivity index (χ4n) is 1.99. The Bertz CT molecular complexity index is 739. The molecule has 3 nitrogen and oxygen atoms in total. The Kier molecular flexibility index (Phi) is 2.93. The zero-order chi connectivity index (χ0) is 13.2. The van der Waals surface area contributed by atoms with Gasteiger partial charge in [-0.15, -0.1) is 0 Å². The normalized spacial score (nSPS) is 10.5. The van der Waals surface area contributed by atoms with Gasteiger partial charge < -0.3 is 10.7 Å². The van der Waals surface area contributed by atoms with Crippen LogP contribution in [0.2, 0.25) is 0 Å². The number of rotatable bonds is 2. The number of nitrogens with one attached hydrogen (secondary N) is 1. The molecule has 3 N–H and O–H groups in total. The lowest BCUT2D eigenvalue weighted by Gasteiger charge is -2.00. The zero-order valence-corrected chi connectivity index (χ0v) is 11.0. The van der Waals surface area contributed by atoms with Crippen LogP contribution in [0.15, 0.2) is 60.8 Å². The van der Waals surface area contributed by atoms with E-state index in [1.165, 1.54) is 0 Å². The Balaban J connectivity index is 2.07. The van der Waals surface area contributed by atoms with E-state index in [9.17, 15) is 0 Å². The molecule has 0 aliphatic carbocycles. The first kappa shape index (κ1) is 11.7. The number of para-hydroxylation sites is 1. The molecular weight excluding hydrogens is 254 g/mol. The van der Waals surface area contributed by atoms with Gasteiger partial charge in [-0.2, -0.15) is 0 Å². The first-order valence-electron chi connectivity index (χ1n) is 5.97. The van der Waals surface area contributed by atoms with Crippen LogP contribution in [0.4, 0.5) is 5.69 Å². The molecule has 0 fully saturated rings. The molecule has 0 amide bonds. The summed E-state index contributed by atoms with van der Waals surface area (Å²) in [5.74, 6) is 0. The molecule has 4 heteroatoms. The van der Waals surface area contributed by atoms with Gasteiger partial charge in [0, 0.05) is 17.6 Å². The van der Waals surface area contributed by atoms with E-state index >= 15 is 0 Å². The lowest BCUT2D eigenvalue weighted by Crippen LogP contribution is -1.90. The molecule has 0 aliphatic heterocycles. The molecule has 0 aliphatic rings. The van der Waals surface area contributed by atoms with Gasteiger partial charge in [0.25, 0.3) is 0 Å². The van der Waals surface area contributed by atoms with Gasteiger partial charge in [-0.1, -0.05) is 30.3 Å². The summed E-state index contributed by atoms with van der Waals surface area (Å²) < 4.78 is 2.64. The number of anilines is 1. The van der Waals surface area contributed by atoms with Crippen LogP contribution in [0.25, 0.3) is 16.9 Å². The summed E-state index contributed by atoms with van der Waals surface area (Å²) in [6.45, 7) is 0. The standard InChI is InChI=1S/C15H13N3S/c16-12-8-6-11(7-9-12)14-10-18(15(19)17-14)13-4-2-1-3-5-13/h1-10H,16H2,(H,17,19). The average molecular weight is 267 g/mol. The fourth-order valence-corrected chi connectivity index (χ4v) is 2.25. The number of benzene rings is 2. The van der Waals surface area contributed by atoms with Crippen LogP contribution < -0.4 is 5.73 Å². The van der Waals surface area contributed by atoms with Crippen LogP contribution in [0, 0.1) is 4.77 Å². The second kappa shape index (κ2) is 4.74. The van der Waals surface area contributed by atoms with Crippen molar-refractivity contribution >= 4 is 17.9 Å². The highest BCUT2D eigenvalue weighted by Gasteiger charge is 2.04. The minimum atomic E-state index is 0.679. The third-order valence-electron chi connectivity index (χ3n) is 2.97. The van der Waals surface area contributed by atoms with Crippen molar-refractivity contribution in [3.05, 3.63) is 65.6 Å². The Morgan fingerprint density at radius 2 is 1.63 bits per heavy atom. The van der Waals surface area contributed by atoms with E-state index in [0.717, 1.165) is 22.6 Å². The minimum Gasteiger partial charge on any atom is -0.399 e. The van der Waals surface area contributed by atoms with E-state index in [2.05, 4.69) is 4.98 Å². The molecule has 0 atom stereocenters. The van der Waals surface area contributed by atoms with Gasteiger partial charge >= 0.3 is 0 Å². The monoisotopic (exact) mass is 267 g/mol. The van der Waals surface area contributed by atoms with Crippen molar-refractivity contribution in [3.63, 3.8) is 0 Å². The molecule has 94 valence electrons. The summed E-state index contributed by atoms with van der Waals surface area (Å²) in [4.78, 5) is 3.22. The molecule has 0 spiro atoms. The van der Waals surface area contributed by atoms with Crippen LogP contribution in [0.3, 0.4) is 0 Å². The third-order valence-corrected chi connectivity index (χ3v) is 3.27. The van der Waals surface area contributed by atoms with Crippen LogP contribution in [-0.2, 0) is 0 Å². The molecule has 0 saturated heterocycles. The summed E-state index contributed by atoms with van der Waals surface area (Å²) in [6.07, 6.45) is 2.00. The van der Waals surface area contributed by atoms with E-state index in [0.29, 0.717) is 4.77 Å². The largest absolute Gasteiger partial charge is 0.399 e. The van der Waals surface area contributed by atoms with Crippen LogP contribution >= 0.6 is 12.2 Å². The summed E-state index contributed by atoms with van der Waals surface area (Å²) in [5, 5.41) is 0. The molecule has 3 rings (SSSR count). The highest BCUT2D eigenvalue weighted by atomic mass is 32.1. The summed E-state index contributed by atoms with van der Waals surface area (Å²) in [7, 11) is 0. The SMILES string of the molecule is Nc1ccc(-c2cn(-c3ccccc3)c(=S)[nH]2)cc1. The number of hydrogen-bond donors (Lipinski definition) is 2. The Hall–Kier alpha value is -2.33. The van der Waals surface area contributed by atoms with Gasteiger partial charge in [-0.25, -0.2) is 0 Å². The van der Waals surface area contributed by atoms with Crippen molar-refractivity contribution in [2.75, 3.05) is 5.73 Å². The summed E-state index contributed by atoms with van der Waals surface area (Å²) in [5.41, 5.74) is 9.54. The predicted octanol–water partition coefficient (Wildman–Crippen LogP) is 3.78. The number of nitrogen functional groups attached to an aromatic ring is 1. The minimum absolute atomic E-state index is 0.679. The van der Waals surface area contributed by atoms with Crippen molar-refractivity contribution < 1.29 is 0 Å². The number of aromatic nitrogens is 2. The lowest BCUT2D eigenvalue weighted by molar-refractivity contribution is 1.03. The molecule has 0 saturated carbocycles. The molecule has 0 bridgehead atoms. The molecule has 19 heavy (non-hydrogen) atoms. The van der Waals surface area contributed by atoms with Crippen molar-refractivity contribution in [2.24, 2.45) is 0 Å². The first-order valence-corrected chi connectivity index (χ1v) is 6.38. The zero-order valence-electron chi connectivity index (χ0n) is 10.2. The molecule has 0 radical (unpaired) electrons. The van der Waals surface area contributed by atoms with Crippen LogP contribution in [-0.4, -0.2) is 9.55 Å². The maximum Gasteiger partial charge on any atom is 0.182 e. The Labute approximate surface area is 116 Å². The number of nitrogens with two attached hydrogens (primary N) is 1. The fraction of sp³-hybridized carbons (Fsp3) is 0. The van der Waals surface area contributed by atoms with E-state index in [-0.39, 0.29) is 0 Å². The molecule has 1 aromatic heterocycles. The smallest absolute Gasteiger partial charge is 0.182 e. The maximum atomic E-state index is 5.69. The maximum absolute atomic E-state index is 5.69. The highest BCUT2D eigenvalue weighted by Crippen LogP contribution is 2.20. The second-order valence-corrected chi connectivity index (χ2v) is 4.69. The quantitative estimate of drug-likeness (QED) is 0.548. The third kappa shape index (κ3) is 2.30. The predicted molar refractivity (Wildman–Crippen MR) is 80.8 cm³/mol. The van der Waals surface area contributed by atoms with Crippen LogP contribution in [0.5, 0.6) is 0 Å². The van der Waals surface area contributed by atoms with Gasteiger partial charge in [0.15, 0.2) is 4.77 Å². The van der Waals surface area contributed by atoms with Gasteiger partial charge in [-0.3, -0.25) is 4.57 Å². The van der Waals surface area contributed by atoms with Gasteiger partial charge in [0.05, 0.1) is 5.69 Å². The number of imidazole rings is 1. The Morgan fingerprint density at radius 1 is 0.947 bits per heavy atom. The number of H-pyrrole nitrogens is 1. The number of hydrogen-bond acceptors (Lipinski definition) is 2. The average Bonchev–Trinajstić information content (AvgIpc) is 2.83. The Morgan fingerprint density at radius 3 is 2.32 bits per heavy atom. The van der Waals surface area contributed by atoms with Crippen molar-refractivity contribution in [2.45, 2.75) is 0 Å². The lowest BCUT2D eigenvalue weighted by atomic mass is 10.1. The topological polar surface area (TPSA) is 46.7 Å². The van der Waals surface area contributed by atoms with Crippen molar-refractivity contribution in [1.29, 1.82) is 0 Å². The van der Waals surface area contributed by atoms with E-state index in [4.69, 9.17) is 18.0 Å². The van der Waals surface area contributed by atoms with E-state index < -0.39 is 0 Å². The molecule has 0 unspecified atom stereocenters. The van der Waals surface area contributed by atoms with E-state index in [1.54, 1.807) is 0 Å².